The third-order valence-corrected chi connectivity index (χ3v) is 5.40. The maximum Gasteiger partial charge on any atom is 0.205 e. The van der Waals surface area contributed by atoms with Crippen molar-refractivity contribution >= 4 is 27.8 Å². The topological polar surface area (TPSA) is 59.9 Å². The van der Waals surface area contributed by atoms with Crippen LogP contribution < -0.4 is 5.32 Å². The molecule has 1 fully saturated rings. The van der Waals surface area contributed by atoms with Crippen molar-refractivity contribution in [3.05, 3.63) is 21.1 Å². The number of aromatic nitrogens is 3. The van der Waals surface area contributed by atoms with Gasteiger partial charge in [-0.25, -0.2) is 4.98 Å². The van der Waals surface area contributed by atoms with Crippen LogP contribution in [0.2, 0.25) is 0 Å². The molecule has 0 aromatic carbocycles. The highest BCUT2D eigenvalue weighted by atomic mass is 32.1. The lowest BCUT2D eigenvalue weighted by molar-refractivity contribution is 0.111. The van der Waals surface area contributed by atoms with Crippen molar-refractivity contribution in [2.45, 2.75) is 45.3 Å². The Bertz CT molecular complexity index is 560. The molecule has 1 aliphatic heterocycles. The summed E-state index contributed by atoms with van der Waals surface area (Å²) in [7, 11) is 0. The largest absolute Gasteiger partial charge is 0.371 e. The van der Waals surface area contributed by atoms with Gasteiger partial charge in [-0.05, 0) is 12.8 Å². The molecule has 1 aliphatic rings. The molecule has 0 bridgehead atoms. The SMILES string of the molecule is CC(C)c1nnc(NCc2cnc([C@@H]3CCCO3)s2)s1. The van der Waals surface area contributed by atoms with Crippen molar-refractivity contribution in [2.75, 3.05) is 11.9 Å². The highest BCUT2D eigenvalue weighted by Crippen LogP contribution is 2.31. The standard InChI is InChI=1S/C13H18N4OS2/c1-8(2)11-16-17-13(20-11)15-7-9-6-14-12(19-9)10-4-3-5-18-10/h6,8,10H,3-5,7H2,1-2H3,(H,15,17)/t10-/m0/s1. The molecule has 108 valence electrons. The van der Waals surface area contributed by atoms with Gasteiger partial charge in [-0.2, -0.15) is 0 Å². The summed E-state index contributed by atoms with van der Waals surface area (Å²) in [6.07, 6.45) is 4.37. The average molecular weight is 310 g/mol. The van der Waals surface area contributed by atoms with Crippen molar-refractivity contribution < 1.29 is 4.74 Å². The number of thiazole rings is 1. The molecule has 0 amide bonds. The lowest BCUT2D eigenvalue weighted by Gasteiger charge is -2.03. The summed E-state index contributed by atoms with van der Waals surface area (Å²) in [5.74, 6) is 0.428. The number of anilines is 1. The minimum Gasteiger partial charge on any atom is -0.371 e. The fourth-order valence-electron chi connectivity index (χ4n) is 2.03. The zero-order chi connectivity index (χ0) is 13.9. The smallest absolute Gasteiger partial charge is 0.205 e. The van der Waals surface area contributed by atoms with Gasteiger partial charge in [-0.15, -0.1) is 21.5 Å². The average Bonchev–Trinajstić information content (AvgIpc) is 3.17. The summed E-state index contributed by atoms with van der Waals surface area (Å²) >= 11 is 3.34. The fraction of sp³-hybridized carbons (Fsp3) is 0.615. The van der Waals surface area contributed by atoms with Crippen LogP contribution in [-0.2, 0) is 11.3 Å². The van der Waals surface area contributed by atoms with E-state index in [0.717, 1.165) is 41.1 Å². The minimum atomic E-state index is 0.211. The van der Waals surface area contributed by atoms with E-state index >= 15 is 0 Å². The molecule has 0 radical (unpaired) electrons. The van der Waals surface area contributed by atoms with Gasteiger partial charge in [-0.1, -0.05) is 25.2 Å². The van der Waals surface area contributed by atoms with Crippen LogP contribution in [0, 0.1) is 0 Å². The molecule has 2 aromatic heterocycles. The summed E-state index contributed by atoms with van der Waals surface area (Å²) in [6, 6.07) is 0. The summed E-state index contributed by atoms with van der Waals surface area (Å²) in [5.41, 5.74) is 0. The lowest BCUT2D eigenvalue weighted by Crippen LogP contribution is -1.96. The molecule has 0 spiro atoms. The van der Waals surface area contributed by atoms with Crippen molar-refractivity contribution in [1.82, 2.24) is 15.2 Å². The van der Waals surface area contributed by atoms with Crippen LogP contribution >= 0.6 is 22.7 Å². The molecule has 3 rings (SSSR count). The molecule has 5 nitrogen and oxygen atoms in total. The van der Waals surface area contributed by atoms with Crippen molar-refractivity contribution in [3.8, 4) is 0 Å². The zero-order valence-electron chi connectivity index (χ0n) is 11.6. The molecule has 0 aliphatic carbocycles. The van der Waals surface area contributed by atoms with Gasteiger partial charge in [-0.3, -0.25) is 0 Å². The minimum absolute atomic E-state index is 0.211. The Morgan fingerprint density at radius 1 is 1.40 bits per heavy atom. The molecule has 2 aromatic rings. The second-order valence-electron chi connectivity index (χ2n) is 5.12. The van der Waals surface area contributed by atoms with Gasteiger partial charge in [0.05, 0.1) is 6.54 Å². The Labute approximate surface area is 126 Å². The number of nitrogens with one attached hydrogen (secondary N) is 1. The molecule has 3 heterocycles. The van der Waals surface area contributed by atoms with E-state index < -0.39 is 0 Å². The van der Waals surface area contributed by atoms with E-state index in [2.05, 4.69) is 34.3 Å². The van der Waals surface area contributed by atoms with Crippen LogP contribution in [0.4, 0.5) is 5.13 Å². The van der Waals surface area contributed by atoms with Crippen LogP contribution in [0.1, 0.15) is 53.6 Å². The van der Waals surface area contributed by atoms with Crippen LogP contribution in [0.15, 0.2) is 6.20 Å². The van der Waals surface area contributed by atoms with Gasteiger partial charge in [0.1, 0.15) is 16.1 Å². The van der Waals surface area contributed by atoms with E-state index in [-0.39, 0.29) is 6.10 Å². The van der Waals surface area contributed by atoms with Crippen molar-refractivity contribution in [3.63, 3.8) is 0 Å². The normalized spacial score (nSPS) is 18.9. The van der Waals surface area contributed by atoms with Crippen LogP contribution in [0.5, 0.6) is 0 Å². The third kappa shape index (κ3) is 3.16. The second-order valence-corrected chi connectivity index (χ2v) is 7.28. The van der Waals surface area contributed by atoms with Gasteiger partial charge >= 0.3 is 0 Å². The monoisotopic (exact) mass is 310 g/mol. The van der Waals surface area contributed by atoms with E-state index in [4.69, 9.17) is 4.74 Å². The molecular weight excluding hydrogens is 292 g/mol. The molecule has 0 saturated carbocycles. The van der Waals surface area contributed by atoms with E-state index in [0.29, 0.717) is 5.92 Å². The first-order chi connectivity index (χ1) is 9.72. The maximum atomic E-state index is 5.65. The summed E-state index contributed by atoms with van der Waals surface area (Å²) in [5, 5.41) is 14.7. The van der Waals surface area contributed by atoms with Gasteiger partial charge < -0.3 is 10.1 Å². The summed E-state index contributed by atoms with van der Waals surface area (Å²) in [4.78, 5) is 5.67. The van der Waals surface area contributed by atoms with Gasteiger partial charge in [0.15, 0.2) is 0 Å². The zero-order valence-corrected chi connectivity index (χ0v) is 13.3. The quantitative estimate of drug-likeness (QED) is 0.914. The predicted molar refractivity (Wildman–Crippen MR) is 81.4 cm³/mol. The van der Waals surface area contributed by atoms with Gasteiger partial charge in [0, 0.05) is 23.6 Å². The van der Waals surface area contributed by atoms with Crippen LogP contribution in [0.3, 0.4) is 0 Å². The predicted octanol–water partition coefficient (Wildman–Crippen LogP) is 3.58. The summed E-state index contributed by atoms with van der Waals surface area (Å²) < 4.78 is 5.65. The molecule has 1 saturated heterocycles. The molecular formula is C13H18N4OS2. The van der Waals surface area contributed by atoms with E-state index in [9.17, 15) is 0 Å². The maximum absolute atomic E-state index is 5.65. The first kappa shape index (κ1) is 13.9. The van der Waals surface area contributed by atoms with Crippen LogP contribution in [0.25, 0.3) is 0 Å². The van der Waals surface area contributed by atoms with Gasteiger partial charge in [0.2, 0.25) is 5.13 Å². The first-order valence-electron chi connectivity index (χ1n) is 6.86. The Kier molecular flexibility index (Phi) is 4.28. The molecule has 1 N–H and O–H groups in total. The lowest BCUT2D eigenvalue weighted by atomic mass is 10.2. The highest BCUT2D eigenvalue weighted by molar-refractivity contribution is 7.15. The number of hydrogen-bond acceptors (Lipinski definition) is 7. The second kappa shape index (κ2) is 6.15. The van der Waals surface area contributed by atoms with Gasteiger partial charge in [0.25, 0.3) is 0 Å². The third-order valence-electron chi connectivity index (χ3n) is 3.12. The summed E-state index contributed by atoms with van der Waals surface area (Å²) in [6.45, 7) is 5.86. The van der Waals surface area contributed by atoms with E-state index in [1.165, 1.54) is 4.88 Å². The molecule has 20 heavy (non-hydrogen) atoms. The molecule has 1 atom stereocenters. The number of nitrogens with zero attached hydrogens (tertiary/aromatic N) is 3. The van der Waals surface area contributed by atoms with E-state index in [1.807, 2.05) is 6.20 Å². The van der Waals surface area contributed by atoms with Crippen molar-refractivity contribution in [2.24, 2.45) is 0 Å². The van der Waals surface area contributed by atoms with E-state index in [1.54, 1.807) is 22.7 Å². The number of rotatable bonds is 5. The Morgan fingerprint density at radius 2 is 2.30 bits per heavy atom. The number of ether oxygens (including phenoxy) is 1. The fourth-order valence-corrected chi connectivity index (χ4v) is 3.71. The molecule has 7 heteroatoms. The Hall–Kier alpha value is -1.05. The number of hydrogen-bond donors (Lipinski definition) is 1. The highest BCUT2D eigenvalue weighted by Gasteiger charge is 2.20. The first-order valence-corrected chi connectivity index (χ1v) is 8.49. The Balaban J connectivity index is 1.57. The molecule has 0 unspecified atom stereocenters. The van der Waals surface area contributed by atoms with Crippen molar-refractivity contribution in [1.29, 1.82) is 0 Å². The van der Waals surface area contributed by atoms with Crippen LogP contribution in [-0.4, -0.2) is 21.8 Å². The Morgan fingerprint density at radius 3 is 3.00 bits per heavy atom.